The summed E-state index contributed by atoms with van der Waals surface area (Å²) in [5.41, 5.74) is 0. The van der Waals surface area contributed by atoms with Crippen molar-refractivity contribution < 1.29 is 8.42 Å². The minimum atomic E-state index is -2.84. The van der Waals surface area contributed by atoms with Crippen molar-refractivity contribution in [3.8, 4) is 0 Å². The molecule has 0 aliphatic carbocycles. The third-order valence-electron chi connectivity index (χ3n) is 2.14. The second kappa shape index (κ2) is 7.36. The highest BCUT2D eigenvalue weighted by Crippen LogP contribution is 2.07. The van der Waals surface area contributed by atoms with Gasteiger partial charge in [0.1, 0.15) is 0 Å². The Morgan fingerprint density at radius 2 is 1.54 bits per heavy atom. The van der Waals surface area contributed by atoms with Crippen LogP contribution in [0.15, 0.2) is 0 Å². The lowest BCUT2D eigenvalue weighted by Gasteiger charge is -2.00. The molecule has 0 N–H and O–H groups in total. The third-order valence-corrected chi connectivity index (χ3v) is 3.72. The Morgan fingerprint density at radius 1 is 1.00 bits per heavy atom. The van der Waals surface area contributed by atoms with Gasteiger partial charge in [-0.2, -0.15) is 0 Å². The van der Waals surface area contributed by atoms with Crippen LogP contribution >= 0.6 is 0 Å². The van der Waals surface area contributed by atoms with Gasteiger partial charge < -0.3 is 0 Å². The highest BCUT2D eigenvalue weighted by Gasteiger charge is 2.05. The summed E-state index contributed by atoms with van der Waals surface area (Å²) in [5.74, 6) is 1.63. The summed E-state index contributed by atoms with van der Waals surface area (Å²) >= 11 is 0. The number of hydrogen-bond donors (Lipinski definition) is 0. The molecule has 0 saturated carbocycles. The van der Waals surface area contributed by atoms with Crippen molar-refractivity contribution in [2.24, 2.45) is 0 Å². The molecule has 0 aromatic heterocycles. The van der Waals surface area contributed by atoms with Gasteiger partial charge in [-0.1, -0.05) is 39.0 Å². The third kappa shape index (κ3) is 8.28. The average Bonchev–Trinajstić information content (AvgIpc) is 2.11. The minimum absolute atomic E-state index is 0.329. The van der Waals surface area contributed by atoms with E-state index in [1.165, 1.54) is 31.4 Å². The second-order valence-electron chi connectivity index (χ2n) is 3.37. The van der Waals surface area contributed by atoms with E-state index in [4.69, 9.17) is 0 Å². The summed E-state index contributed by atoms with van der Waals surface area (Å²) in [6.45, 7) is 3.77. The van der Waals surface area contributed by atoms with Crippen molar-refractivity contribution in [1.29, 1.82) is 0 Å². The van der Waals surface area contributed by atoms with Gasteiger partial charge >= 0.3 is 0 Å². The number of rotatable bonds is 8. The number of unbranched alkanes of at least 4 members (excludes halogenated alkanes) is 5. The Labute approximate surface area is 82.6 Å². The predicted molar refractivity (Wildman–Crippen MR) is 57.1 cm³/mol. The normalized spacial score (nSPS) is 11.8. The Balaban J connectivity index is 3.26. The second-order valence-corrected chi connectivity index (χ2v) is 5.58. The fourth-order valence-corrected chi connectivity index (χ4v) is 2.04. The Hall–Kier alpha value is -0.0500. The lowest BCUT2D eigenvalue weighted by molar-refractivity contribution is 0.588. The molecule has 0 atom stereocenters. The molecule has 13 heavy (non-hydrogen) atoms. The lowest BCUT2D eigenvalue weighted by atomic mass is 10.1. The Morgan fingerprint density at radius 3 is 2.08 bits per heavy atom. The maximum atomic E-state index is 11.0. The maximum Gasteiger partial charge on any atom is 0.154 e. The van der Waals surface area contributed by atoms with Crippen LogP contribution in [0.5, 0.6) is 0 Å². The molecule has 1 radical (unpaired) electrons. The number of sulfone groups is 1. The summed E-state index contributed by atoms with van der Waals surface area (Å²) in [6, 6.07) is 0. The zero-order chi connectivity index (χ0) is 10.2. The van der Waals surface area contributed by atoms with Gasteiger partial charge in [-0.3, -0.25) is 0 Å². The van der Waals surface area contributed by atoms with Gasteiger partial charge in [-0.15, -0.1) is 0 Å². The van der Waals surface area contributed by atoms with Crippen LogP contribution in [-0.2, 0) is 9.84 Å². The molecule has 0 aliphatic heterocycles. The van der Waals surface area contributed by atoms with Gasteiger partial charge in [0.2, 0.25) is 0 Å². The first-order valence-electron chi connectivity index (χ1n) is 5.14. The van der Waals surface area contributed by atoms with E-state index >= 15 is 0 Å². The summed E-state index contributed by atoms with van der Waals surface area (Å²) in [5, 5.41) is 0. The molecular formula is C10H21O2S. The van der Waals surface area contributed by atoms with Crippen LogP contribution in [0, 0.1) is 5.75 Å². The highest BCUT2D eigenvalue weighted by atomic mass is 32.2. The standard InChI is InChI=1S/C10H21O2S/c1-3-5-6-7-8-9-10-13(11,12)4-2/h4H,3,5-10H2,1-2H3. The fraction of sp³-hybridized carbons (Fsp3) is 0.900. The smallest absolute Gasteiger partial charge is 0.154 e. The largest absolute Gasteiger partial charge is 0.229 e. The zero-order valence-electron chi connectivity index (χ0n) is 8.75. The van der Waals surface area contributed by atoms with Crippen molar-refractivity contribution >= 4 is 9.84 Å². The van der Waals surface area contributed by atoms with Crippen LogP contribution in [-0.4, -0.2) is 14.2 Å². The first kappa shape index (κ1) is 12.9. The topological polar surface area (TPSA) is 34.1 Å². The SMILES string of the molecule is C[CH]S(=O)(=O)CCCCCCCC. The molecule has 0 aromatic rings. The average molecular weight is 205 g/mol. The number of hydrogen-bond acceptors (Lipinski definition) is 2. The van der Waals surface area contributed by atoms with Crippen molar-refractivity contribution in [1.82, 2.24) is 0 Å². The van der Waals surface area contributed by atoms with E-state index in [0.29, 0.717) is 5.75 Å². The van der Waals surface area contributed by atoms with Crippen molar-refractivity contribution in [3.63, 3.8) is 0 Å². The van der Waals surface area contributed by atoms with Crippen molar-refractivity contribution in [2.75, 3.05) is 5.75 Å². The van der Waals surface area contributed by atoms with Crippen LogP contribution in [0.25, 0.3) is 0 Å². The summed E-state index contributed by atoms with van der Waals surface area (Å²) in [4.78, 5) is 0. The van der Waals surface area contributed by atoms with E-state index < -0.39 is 9.84 Å². The van der Waals surface area contributed by atoms with Crippen LogP contribution in [0.2, 0.25) is 0 Å². The van der Waals surface area contributed by atoms with E-state index in [0.717, 1.165) is 12.8 Å². The van der Waals surface area contributed by atoms with Gasteiger partial charge in [0.25, 0.3) is 0 Å². The molecule has 0 fully saturated rings. The van der Waals surface area contributed by atoms with Gasteiger partial charge in [-0.05, 0) is 13.3 Å². The quantitative estimate of drug-likeness (QED) is 0.571. The van der Waals surface area contributed by atoms with E-state index in [9.17, 15) is 8.42 Å². The Bertz CT molecular complexity index is 195. The highest BCUT2D eigenvalue weighted by molar-refractivity contribution is 7.93. The van der Waals surface area contributed by atoms with E-state index in [2.05, 4.69) is 6.92 Å². The molecule has 0 rings (SSSR count). The van der Waals surface area contributed by atoms with Crippen molar-refractivity contribution in [3.05, 3.63) is 5.75 Å². The minimum Gasteiger partial charge on any atom is -0.229 e. The molecule has 79 valence electrons. The molecule has 0 amide bonds. The Kier molecular flexibility index (Phi) is 7.33. The summed E-state index contributed by atoms with van der Waals surface area (Å²) < 4.78 is 22.1. The maximum absolute atomic E-state index is 11.0. The summed E-state index contributed by atoms with van der Waals surface area (Å²) in [6.07, 6.45) is 6.79. The van der Waals surface area contributed by atoms with Gasteiger partial charge in [0.15, 0.2) is 9.84 Å². The van der Waals surface area contributed by atoms with E-state index in [-0.39, 0.29) is 0 Å². The fourth-order valence-electron chi connectivity index (χ4n) is 1.20. The molecular weight excluding hydrogens is 184 g/mol. The summed E-state index contributed by atoms with van der Waals surface area (Å²) in [7, 11) is -2.84. The molecule has 0 unspecified atom stereocenters. The van der Waals surface area contributed by atoms with E-state index in [1.807, 2.05) is 0 Å². The molecule has 2 nitrogen and oxygen atoms in total. The zero-order valence-corrected chi connectivity index (χ0v) is 9.57. The lowest BCUT2D eigenvalue weighted by Crippen LogP contribution is -2.04. The van der Waals surface area contributed by atoms with Crippen LogP contribution < -0.4 is 0 Å². The monoisotopic (exact) mass is 205 g/mol. The molecule has 3 heteroatoms. The molecule has 0 aliphatic rings. The molecule has 0 heterocycles. The van der Waals surface area contributed by atoms with E-state index in [1.54, 1.807) is 6.92 Å². The molecule has 0 saturated heterocycles. The first-order valence-corrected chi connectivity index (χ1v) is 6.86. The molecule has 0 bridgehead atoms. The molecule has 0 aromatic carbocycles. The van der Waals surface area contributed by atoms with Crippen LogP contribution in [0.3, 0.4) is 0 Å². The van der Waals surface area contributed by atoms with Gasteiger partial charge in [-0.25, -0.2) is 8.42 Å². The van der Waals surface area contributed by atoms with Gasteiger partial charge in [0, 0.05) is 0 Å². The van der Waals surface area contributed by atoms with Crippen LogP contribution in [0.4, 0.5) is 0 Å². The van der Waals surface area contributed by atoms with Crippen molar-refractivity contribution in [2.45, 2.75) is 52.4 Å². The predicted octanol–water partition coefficient (Wildman–Crippen LogP) is 2.94. The molecule has 0 spiro atoms. The van der Waals surface area contributed by atoms with Crippen LogP contribution in [0.1, 0.15) is 52.4 Å². The van der Waals surface area contributed by atoms with Gasteiger partial charge in [0.05, 0.1) is 11.5 Å². The first-order chi connectivity index (χ1) is 6.12.